The fourth-order valence-corrected chi connectivity index (χ4v) is 3.68. The minimum Gasteiger partial charge on any atom is -0.343 e. The molecule has 20 heavy (non-hydrogen) atoms. The Labute approximate surface area is 121 Å². The molecule has 1 fully saturated rings. The third kappa shape index (κ3) is 3.49. The van der Waals surface area contributed by atoms with Crippen LogP contribution in [0.5, 0.6) is 0 Å². The Morgan fingerprint density at radius 2 is 2.20 bits per heavy atom. The molecule has 7 heteroatoms. The van der Waals surface area contributed by atoms with E-state index in [4.69, 9.17) is 10.7 Å². The molecule has 1 atom stereocenters. The van der Waals surface area contributed by atoms with Crippen LogP contribution in [0.25, 0.3) is 0 Å². The summed E-state index contributed by atoms with van der Waals surface area (Å²) in [5.41, 5.74) is 0.371. The third-order valence-corrected chi connectivity index (χ3v) is 4.95. The van der Waals surface area contributed by atoms with E-state index in [-0.39, 0.29) is 16.7 Å². The van der Waals surface area contributed by atoms with Gasteiger partial charge in [-0.1, -0.05) is 0 Å². The van der Waals surface area contributed by atoms with Gasteiger partial charge in [0.1, 0.15) is 5.82 Å². The van der Waals surface area contributed by atoms with Crippen molar-refractivity contribution in [2.75, 3.05) is 13.1 Å². The lowest BCUT2D eigenvalue weighted by atomic mass is 9.98. The Kier molecular flexibility index (Phi) is 4.34. The Morgan fingerprint density at radius 3 is 2.75 bits per heavy atom. The summed E-state index contributed by atoms with van der Waals surface area (Å²) in [4.78, 5) is 12.9. The number of rotatable bonds is 3. The Hall–Kier alpha value is -1.14. The van der Waals surface area contributed by atoms with Crippen LogP contribution in [0.4, 0.5) is 4.39 Å². The van der Waals surface area contributed by atoms with Gasteiger partial charge in [-0.15, -0.1) is 0 Å². The SMILES string of the molecule is CC(=O)N1CC[C@H](Cc2cc(F)ccc2S(=O)(=O)Cl)C1. The predicted octanol–water partition coefficient (Wildman–Crippen LogP) is 2.16. The highest BCUT2D eigenvalue weighted by Crippen LogP contribution is 2.27. The minimum absolute atomic E-state index is 0.00284. The molecule has 1 aliphatic rings. The van der Waals surface area contributed by atoms with Crippen molar-refractivity contribution >= 4 is 25.6 Å². The van der Waals surface area contributed by atoms with Crippen LogP contribution >= 0.6 is 10.7 Å². The van der Waals surface area contributed by atoms with Gasteiger partial charge in [0.05, 0.1) is 4.90 Å². The van der Waals surface area contributed by atoms with Crippen molar-refractivity contribution < 1.29 is 17.6 Å². The number of likely N-dealkylation sites (tertiary alicyclic amines) is 1. The molecule has 0 aromatic heterocycles. The topological polar surface area (TPSA) is 54.5 Å². The van der Waals surface area contributed by atoms with Gasteiger partial charge in [0, 0.05) is 30.7 Å². The summed E-state index contributed by atoms with van der Waals surface area (Å²) in [6.45, 7) is 2.71. The molecule has 110 valence electrons. The molecule has 1 aromatic rings. The first-order valence-electron chi connectivity index (χ1n) is 6.26. The zero-order chi connectivity index (χ0) is 14.9. The van der Waals surface area contributed by atoms with Gasteiger partial charge in [-0.25, -0.2) is 12.8 Å². The van der Waals surface area contributed by atoms with Gasteiger partial charge in [0.25, 0.3) is 9.05 Å². The van der Waals surface area contributed by atoms with Gasteiger partial charge in [-0.2, -0.15) is 0 Å². The monoisotopic (exact) mass is 319 g/mol. The second-order valence-corrected chi connectivity index (χ2v) is 7.55. The number of hydrogen-bond donors (Lipinski definition) is 0. The highest BCUT2D eigenvalue weighted by Gasteiger charge is 2.26. The molecule has 0 unspecified atom stereocenters. The second kappa shape index (κ2) is 5.69. The Balaban J connectivity index is 2.22. The van der Waals surface area contributed by atoms with E-state index < -0.39 is 14.9 Å². The standard InChI is InChI=1S/C13H15ClFNO3S/c1-9(17)16-5-4-10(8-16)6-11-7-12(15)2-3-13(11)20(14,18)19/h2-3,7,10H,4-6,8H2,1H3/t10-/m1/s1. The highest BCUT2D eigenvalue weighted by molar-refractivity contribution is 8.13. The number of carbonyl (C=O) groups excluding carboxylic acids is 1. The van der Waals surface area contributed by atoms with Crippen molar-refractivity contribution in [2.45, 2.75) is 24.7 Å². The fourth-order valence-electron chi connectivity index (χ4n) is 2.54. The molecular weight excluding hydrogens is 305 g/mol. The summed E-state index contributed by atoms with van der Waals surface area (Å²) < 4.78 is 36.3. The zero-order valence-electron chi connectivity index (χ0n) is 11.0. The van der Waals surface area contributed by atoms with Crippen LogP contribution in [0, 0.1) is 11.7 Å². The van der Waals surface area contributed by atoms with E-state index in [1.807, 2.05) is 0 Å². The van der Waals surface area contributed by atoms with Crippen molar-refractivity contribution in [2.24, 2.45) is 5.92 Å². The molecule has 1 heterocycles. The summed E-state index contributed by atoms with van der Waals surface area (Å²) in [5.74, 6) is -0.375. The first-order valence-corrected chi connectivity index (χ1v) is 8.57. The summed E-state index contributed by atoms with van der Waals surface area (Å²) in [7, 11) is 1.47. The van der Waals surface area contributed by atoms with Crippen LogP contribution in [0.15, 0.2) is 23.1 Å². The summed E-state index contributed by atoms with van der Waals surface area (Å²) in [6, 6.07) is 3.46. The Morgan fingerprint density at radius 1 is 1.50 bits per heavy atom. The van der Waals surface area contributed by atoms with Gasteiger partial charge in [-0.3, -0.25) is 4.79 Å². The summed E-state index contributed by atoms with van der Waals surface area (Å²) in [6.07, 6.45) is 1.17. The molecule has 1 aromatic carbocycles. The molecule has 1 saturated heterocycles. The normalized spacial score (nSPS) is 19.4. The molecule has 0 saturated carbocycles. The van der Waals surface area contributed by atoms with E-state index in [9.17, 15) is 17.6 Å². The van der Waals surface area contributed by atoms with E-state index in [2.05, 4.69) is 0 Å². The van der Waals surface area contributed by atoms with Crippen LogP contribution < -0.4 is 0 Å². The van der Waals surface area contributed by atoms with E-state index in [0.717, 1.165) is 12.5 Å². The molecule has 0 aliphatic carbocycles. The van der Waals surface area contributed by atoms with Gasteiger partial charge in [0.15, 0.2) is 0 Å². The second-order valence-electron chi connectivity index (χ2n) is 5.01. The van der Waals surface area contributed by atoms with E-state index in [1.165, 1.54) is 19.1 Å². The number of carbonyl (C=O) groups is 1. The fraction of sp³-hybridized carbons (Fsp3) is 0.462. The largest absolute Gasteiger partial charge is 0.343 e. The zero-order valence-corrected chi connectivity index (χ0v) is 12.5. The van der Waals surface area contributed by atoms with Crippen LogP contribution in [-0.4, -0.2) is 32.3 Å². The number of benzene rings is 1. The van der Waals surface area contributed by atoms with E-state index in [1.54, 1.807) is 4.90 Å². The average Bonchev–Trinajstić information content (AvgIpc) is 2.76. The van der Waals surface area contributed by atoms with Crippen molar-refractivity contribution in [3.63, 3.8) is 0 Å². The van der Waals surface area contributed by atoms with Crippen LogP contribution in [0.1, 0.15) is 18.9 Å². The number of halogens is 2. The van der Waals surface area contributed by atoms with Crippen molar-refractivity contribution in [3.05, 3.63) is 29.6 Å². The van der Waals surface area contributed by atoms with Crippen molar-refractivity contribution in [1.82, 2.24) is 4.90 Å². The smallest absolute Gasteiger partial charge is 0.261 e. The third-order valence-electron chi connectivity index (χ3n) is 3.52. The van der Waals surface area contributed by atoms with Gasteiger partial charge >= 0.3 is 0 Å². The molecule has 4 nitrogen and oxygen atoms in total. The van der Waals surface area contributed by atoms with E-state index in [0.29, 0.717) is 25.1 Å². The first-order chi connectivity index (χ1) is 9.27. The lowest BCUT2D eigenvalue weighted by Gasteiger charge is -2.15. The maximum absolute atomic E-state index is 13.3. The maximum atomic E-state index is 13.3. The number of hydrogen-bond acceptors (Lipinski definition) is 3. The molecule has 0 radical (unpaired) electrons. The lowest BCUT2D eigenvalue weighted by Crippen LogP contribution is -2.26. The van der Waals surface area contributed by atoms with Gasteiger partial charge < -0.3 is 4.90 Å². The minimum atomic E-state index is -3.90. The number of amides is 1. The molecule has 2 rings (SSSR count). The van der Waals surface area contributed by atoms with Gasteiger partial charge in [0.2, 0.25) is 5.91 Å². The molecular formula is C13H15ClFNO3S. The first kappa shape index (κ1) is 15.3. The Bertz CT molecular complexity index is 633. The quantitative estimate of drug-likeness (QED) is 0.802. The lowest BCUT2D eigenvalue weighted by molar-refractivity contribution is -0.127. The molecule has 1 aliphatic heterocycles. The predicted molar refractivity (Wildman–Crippen MR) is 73.5 cm³/mol. The maximum Gasteiger partial charge on any atom is 0.261 e. The molecule has 1 amide bonds. The van der Waals surface area contributed by atoms with E-state index >= 15 is 0 Å². The average molecular weight is 320 g/mol. The number of nitrogens with zero attached hydrogens (tertiary/aromatic N) is 1. The van der Waals surface area contributed by atoms with Crippen molar-refractivity contribution in [3.8, 4) is 0 Å². The van der Waals surface area contributed by atoms with Crippen molar-refractivity contribution in [1.29, 1.82) is 0 Å². The van der Waals surface area contributed by atoms with Crippen LogP contribution in [-0.2, 0) is 20.3 Å². The molecule has 0 spiro atoms. The molecule has 0 bridgehead atoms. The van der Waals surface area contributed by atoms with Gasteiger partial charge in [-0.05, 0) is 42.5 Å². The van der Waals surface area contributed by atoms with Crippen LogP contribution in [0.3, 0.4) is 0 Å². The summed E-state index contributed by atoms with van der Waals surface area (Å²) >= 11 is 0. The molecule has 0 N–H and O–H groups in total. The highest BCUT2D eigenvalue weighted by atomic mass is 35.7. The summed E-state index contributed by atoms with van der Waals surface area (Å²) in [5, 5.41) is 0. The van der Waals surface area contributed by atoms with Crippen LogP contribution in [0.2, 0.25) is 0 Å².